The Balaban J connectivity index is 2.17. The zero-order valence-electron chi connectivity index (χ0n) is 11.0. The predicted molar refractivity (Wildman–Crippen MR) is 74.4 cm³/mol. The van der Waals surface area contributed by atoms with E-state index in [2.05, 4.69) is 5.32 Å². The van der Waals surface area contributed by atoms with Crippen molar-refractivity contribution in [1.82, 2.24) is 0 Å². The van der Waals surface area contributed by atoms with Gasteiger partial charge in [0.05, 0.1) is 11.6 Å². The fourth-order valence-corrected chi connectivity index (χ4v) is 2.04. The molecule has 1 N–H and O–H groups in total. The SMILES string of the molecule is Cc1cccc(C)c1NCc1ccc(C#N)cc1F. The number of hydrogen-bond acceptors (Lipinski definition) is 2. The van der Waals surface area contributed by atoms with Crippen molar-refractivity contribution in [2.24, 2.45) is 0 Å². The Kier molecular flexibility index (Phi) is 3.82. The quantitative estimate of drug-likeness (QED) is 0.900. The number of nitriles is 1. The summed E-state index contributed by atoms with van der Waals surface area (Å²) in [4.78, 5) is 0. The Labute approximate surface area is 112 Å². The van der Waals surface area contributed by atoms with E-state index in [9.17, 15) is 4.39 Å². The summed E-state index contributed by atoms with van der Waals surface area (Å²) in [6.45, 7) is 4.44. The molecule has 2 nitrogen and oxygen atoms in total. The molecular formula is C16H15FN2. The van der Waals surface area contributed by atoms with E-state index in [1.165, 1.54) is 6.07 Å². The summed E-state index contributed by atoms with van der Waals surface area (Å²) < 4.78 is 13.7. The van der Waals surface area contributed by atoms with Crippen molar-refractivity contribution in [3.63, 3.8) is 0 Å². The molecule has 2 aromatic rings. The van der Waals surface area contributed by atoms with E-state index in [0.717, 1.165) is 16.8 Å². The van der Waals surface area contributed by atoms with Gasteiger partial charge in [-0.2, -0.15) is 5.26 Å². The molecule has 0 bridgehead atoms. The van der Waals surface area contributed by atoms with Crippen LogP contribution in [0.3, 0.4) is 0 Å². The summed E-state index contributed by atoms with van der Waals surface area (Å²) >= 11 is 0. The fourth-order valence-electron chi connectivity index (χ4n) is 2.04. The lowest BCUT2D eigenvalue weighted by molar-refractivity contribution is 0.612. The first kappa shape index (κ1) is 13.1. The summed E-state index contributed by atoms with van der Waals surface area (Å²) in [7, 11) is 0. The molecule has 2 rings (SSSR count). The van der Waals surface area contributed by atoms with Gasteiger partial charge in [-0.05, 0) is 37.1 Å². The summed E-state index contributed by atoms with van der Waals surface area (Å²) in [5, 5.41) is 12.0. The maximum absolute atomic E-state index is 13.7. The standard InChI is InChI=1S/C16H15FN2/c1-11-4-3-5-12(2)16(11)19-10-14-7-6-13(9-18)8-15(14)17/h3-8,19H,10H2,1-2H3. The monoisotopic (exact) mass is 254 g/mol. The van der Waals surface area contributed by atoms with Crippen LogP contribution in [0.25, 0.3) is 0 Å². The molecule has 3 heteroatoms. The highest BCUT2D eigenvalue weighted by atomic mass is 19.1. The predicted octanol–water partition coefficient (Wildman–Crippen LogP) is 3.93. The van der Waals surface area contributed by atoms with Crippen LogP contribution in [0.15, 0.2) is 36.4 Å². The molecule has 2 aromatic carbocycles. The molecule has 0 aliphatic carbocycles. The molecule has 19 heavy (non-hydrogen) atoms. The Morgan fingerprint density at radius 3 is 2.42 bits per heavy atom. The minimum atomic E-state index is -0.349. The Bertz CT molecular complexity index is 621. The number of benzene rings is 2. The number of anilines is 1. The van der Waals surface area contributed by atoms with Crippen molar-refractivity contribution in [2.75, 3.05) is 5.32 Å². The molecule has 0 radical (unpaired) electrons. The van der Waals surface area contributed by atoms with Crippen LogP contribution < -0.4 is 5.32 Å². The number of halogens is 1. The second-order valence-electron chi connectivity index (χ2n) is 4.54. The van der Waals surface area contributed by atoms with Gasteiger partial charge in [0.2, 0.25) is 0 Å². The lowest BCUT2D eigenvalue weighted by Gasteiger charge is -2.13. The van der Waals surface area contributed by atoms with Crippen molar-refractivity contribution in [1.29, 1.82) is 5.26 Å². The maximum atomic E-state index is 13.7. The van der Waals surface area contributed by atoms with Crippen molar-refractivity contribution in [3.05, 3.63) is 64.5 Å². The van der Waals surface area contributed by atoms with Crippen LogP contribution in [-0.2, 0) is 6.54 Å². The van der Waals surface area contributed by atoms with Gasteiger partial charge in [-0.25, -0.2) is 4.39 Å². The first-order valence-corrected chi connectivity index (χ1v) is 6.10. The molecule has 0 saturated heterocycles. The highest BCUT2D eigenvalue weighted by Crippen LogP contribution is 2.21. The Morgan fingerprint density at radius 1 is 1.16 bits per heavy atom. The van der Waals surface area contributed by atoms with Crippen LogP contribution in [-0.4, -0.2) is 0 Å². The molecule has 96 valence electrons. The summed E-state index contributed by atoms with van der Waals surface area (Å²) in [6, 6.07) is 12.5. The number of para-hydroxylation sites is 1. The van der Waals surface area contributed by atoms with Gasteiger partial charge in [0, 0.05) is 17.8 Å². The van der Waals surface area contributed by atoms with Gasteiger partial charge in [-0.15, -0.1) is 0 Å². The number of hydrogen-bond donors (Lipinski definition) is 1. The molecule has 0 aliphatic heterocycles. The number of nitrogens with one attached hydrogen (secondary N) is 1. The molecule has 0 fully saturated rings. The lowest BCUT2D eigenvalue weighted by Crippen LogP contribution is -2.04. The topological polar surface area (TPSA) is 35.8 Å². The summed E-state index contributed by atoms with van der Waals surface area (Å²) in [5.41, 5.74) is 4.20. The minimum Gasteiger partial charge on any atom is -0.380 e. The van der Waals surface area contributed by atoms with Crippen LogP contribution in [0.2, 0.25) is 0 Å². The first-order chi connectivity index (χ1) is 9.11. The number of nitrogens with zero attached hydrogens (tertiary/aromatic N) is 1. The smallest absolute Gasteiger partial charge is 0.129 e. The molecule has 0 aromatic heterocycles. The zero-order chi connectivity index (χ0) is 13.8. The molecule has 0 aliphatic rings. The number of rotatable bonds is 3. The average Bonchev–Trinajstić information content (AvgIpc) is 2.39. The van der Waals surface area contributed by atoms with Crippen molar-refractivity contribution in [2.45, 2.75) is 20.4 Å². The molecule has 0 heterocycles. The fraction of sp³-hybridized carbons (Fsp3) is 0.188. The number of aryl methyl sites for hydroxylation is 2. The van der Waals surface area contributed by atoms with E-state index in [4.69, 9.17) is 5.26 Å². The van der Waals surface area contributed by atoms with Crippen LogP contribution in [0.5, 0.6) is 0 Å². The van der Waals surface area contributed by atoms with Gasteiger partial charge in [0.15, 0.2) is 0 Å². The average molecular weight is 254 g/mol. The molecule has 0 unspecified atom stereocenters. The van der Waals surface area contributed by atoms with Gasteiger partial charge in [-0.3, -0.25) is 0 Å². The summed E-state index contributed by atoms with van der Waals surface area (Å²) in [5.74, 6) is -0.349. The normalized spacial score (nSPS) is 10.0. The molecule has 0 spiro atoms. The second-order valence-corrected chi connectivity index (χ2v) is 4.54. The van der Waals surface area contributed by atoms with Gasteiger partial charge >= 0.3 is 0 Å². The molecule has 0 atom stereocenters. The maximum Gasteiger partial charge on any atom is 0.129 e. The van der Waals surface area contributed by atoms with Crippen LogP contribution in [0, 0.1) is 31.0 Å². The van der Waals surface area contributed by atoms with E-state index < -0.39 is 0 Å². The van der Waals surface area contributed by atoms with E-state index >= 15 is 0 Å². The Morgan fingerprint density at radius 2 is 1.84 bits per heavy atom. The highest BCUT2D eigenvalue weighted by molar-refractivity contribution is 5.56. The van der Waals surface area contributed by atoms with Crippen molar-refractivity contribution < 1.29 is 4.39 Å². The zero-order valence-corrected chi connectivity index (χ0v) is 11.0. The van der Waals surface area contributed by atoms with E-state index in [1.807, 2.05) is 38.1 Å². The van der Waals surface area contributed by atoms with E-state index in [0.29, 0.717) is 17.7 Å². The van der Waals surface area contributed by atoms with Crippen LogP contribution >= 0.6 is 0 Å². The van der Waals surface area contributed by atoms with Gasteiger partial charge in [-0.1, -0.05) is 24.3 Å². The second kappa shape index (κ2) is 5.53. The Hall–Kier alpha value is -2.34. The van der Waals surface area contributed by atoms with Crippen LogP contribution in [0.4, 0.5) is 10.1 Å². The van der Waals surface area contributed by atoms with E-state index in [1.54, 1.807) is 12.1 Å². The van der Waals surface area contributed by atoms with Crippen molar-refractivity contribution >= 4 is 5.69 Å². The van der Waals surface area contributed by atoms with Gasteiger partial charge in [0.1, 0.15) is 5.82 Å². The molecular weight excluding hydrogens is 239 g/mol. The lowest BCUT2D eigenvalue weighted by atomic mass is 10.1. The third-order valence-corrected chi connectivity index (χ3v) is 3.12. The van der Waals surface area contributed by atoms with Crippen molar-refractivity contribution in [3.8, 4) is 6.07 Å². The first-order valence-electron chi connectivity index (χ1n) is 6.10. The third-order valence-electron chi connectivity index (χ3n) is 3.12. The minimum absolute atomic E-state index is 0.341. The van der Waals surface area contributed by atoms with E-state index in [-0.39, 0.29) is 5.82 Å². The summed E-state index contributed by atoms with van der Waals surface area (Å²) in [6.07, 6.45) is 0. The molecule has 0 amide bonds. The largest absolute Gasteiger partial charge is 0.380 e. The van der Waals surface area contributed by atoms with Gasteiger partial charge in [0.25, 0.3) is 0 Å². The van der Waals surface area contributed by atoms with Crippen LogP contribution in [0.1, 0.15) is 22.3 Å². The highest BCUT2D eigenvalue weighted by Gasteiger charge is 2.05. The van der Waals surface area contributed by atoms with Gasteiger partial charge < -0.3 is 5.32 Å². The molecule has 0 saturated carbocycles. The third kappa shape index (κ3) is 2.92.